The van der Waals surface area contributed by atoms with E-state index in [1.807, 2.05) is 0 Å². The van der Waals surface area contributed by atoms with Crippen molar-refractivity contribution in [2.24, 2.45) is 0 Å². The average molecular weight is 275 g/mol. The molecule has 0 spiro atoms. The smallest absolute Gasteiger partial charge is 0.319 e. The minimum Gasteiger partial charge on any atom is -0.445 e. The zero-order chi connectivity index (χ0) is 14.6. The summed E-state index contributed by atoms with van der Waals surface area (Å²) in [6.45, 7) is 3.33. The monoisotopic (exact) mass is 275 g/mol. The molecule has 6 heteroatoms. The Kier molecular flexibility index (Phi) is 4.05. The lowest BCUT2D eigenvalue weighted by Gasteiger charge is -2.23. The maximum Gasteiger partial charge on any atom is 0.319 e. The standard InChI is InChI=1S/C14H17N3O3/c1-14(2,9-18)17-13(19)16-11-5-3-10(4-6-11)12-15-7-8-20-12/h3-8,18H,9H2,1-2H3,(H2,16,17,19). The molecule has 0 radical (unpaired) electrons. The molecular weight excluding hydrogens is 258 g/mol. The van der Waals surface area contributed by atoms with E-state index in [1.165, 1.54) is 6.26 Å². The van der Waals surface area contributed by atoms with Crippen LogP contribution in [0.4, 0.5) is 10.5 Å². The molecular formula is C14H17N3O3. The average Bonchev–Trinajstić information content (AvgIpc) is 2.93. The molecule has 106 valence electrons. The third kappa shape index (κ3) is 3.58. The van der Waals surface area contributed by atoms with E-state index in [9.17, 15) is 4.79 Å². The van der Waals surface area contributed by atoms with Crippen molar-refractivity contribution < 1.29 is 14.3 Å². The number of nitrogens with zero attached hydrogens (tertiary/aromatic N) is 1. The summed E-state index contributed by atoms with van der Waals surface area (Å²) < 4.78 is 5.18. The highest BCUT2D eigenvalue weighted by Crippen LogP contribution is 2.19. The number of hydrogen-bond acceptors (Lipinski definition) is 4. The number of benzene rings is 1. The van der Waals surface area contributed by atoms with Crippen LogP contribution in [0.5, 0.6) is 0 Å². The highest BCUT2D eigenvalue weighted by Gasteiger charge is 2.18. The number of carbonyl (C=O) groups is 1. The van der Waals surface area contributed by atoms with Crippen LogP contribution in [0.3, 0.4) is 0 Å². The molecule has 2 aromatic rings. The Balaban J connectivity index is 1.99. The maximum atomic E-state index is 11.7. The Morgan fingerprint density at radius 3 is 2.60 bits per heavy atom. The topological polar surface area (TPSA) is 87.4 Å². The fraction of sp³-hybridized carbons (Fsp3) is 0.286. The van der Waals surface area contributed by atoms with Crippen molar-refractivity contribution in [2.75, 3.05) is 11.9 Å². The number of anilines is 1. The number of urea groups is 1. The summed E-state index contributed by atoms with van der Waals surface area (Å²) in [5, 5.41) is 14.4. The van der Waals surface area contributed by atoms with Crippen molar-refractivity contribution in [1.29, 1.82) is 0 Å². The van der Waals surface area contributed by atoms with Crippen LogP contribution in [-0.2, 0) is 0 Å². The first-order valence-electron chi connectivity index (χ1n) is 6.20. The first kappa shape index (κ1) is 14.1. The lowest BCUT2D eigenvalue weighted by atomic mass is 10.1. The van der Waals surface area contributed by atoms with Crippen LogP contribution in [0.25, 0.3) is 11.5 Å². The number of amides is 2. The number of aliphatic hydroxyl groups excluding tert-OH is 1. The molecule has 3 N–H and O–H groups in total. The van der Waals surface area contributed by atoms with Gasteiger partial charge in [0, 0.05) is 11.3 Å². The summed E-state index contributed by atoms with van der Waals surface area (Å²) in [6, 6.07) is 6.75. The molecule has 20 heavy (non-hydrogen) atoms. The molecule has 0 atom stereocenters. The van der Waals surface area contributed by atoms with Crippen LogP contribution in [0, 0.1) is 0 Å². The molecule has 0 bridgehead atoms. The number of rotatable bonds is 4. The molecule has 0 unspecified atom stereocenters. The fourth-order valence-electron chi connectivity index (χ4n) is 1.57. The predicted molar refractivity (Wildman–Crippen MR) is 75.3 cm³/mol. The summed E-state index contributed by atoms with van der Waals surface area (Å²) in [5.41, 5.74) is 0.811. The second-order valence-electron chi connectivity index (χ2n) is 5.04. The first-order chi connectivity index (χ1) is 9.50. The van der Waals surface area contributed by atoms with E-state index >= 15 is 0 Å². The predicted octanol–water partition coefficient (Wildman–Crippen LogP) is 2.23. The van der Waals surface area contributed by atoms with E-state index in [0.717, 1.165) is 5.56 Å². The minimum atomic E-state index is -0.665. The van der Waals surface area contributed by atoms with Crippen LogP contribution in [0.15, 0.2) is 41.1 Å². The lowest BCUT2D eigenvalue weighted by molar-refractivity contribution is 0.187. The van der Waals surface area contributed by atoms with Gasteiger partial charge in [0.05, 0.1) is 18.3 Å². The fourth-order valence-corrected chi connectivity index (χ4v) is 1.57. The summed E-state index contributed by atoms with van der Waals surface area (Å²) >= 11 is 0. The van der Waals surface area contributed by atoms with E-state index in [1.54, 1.807) is 44.3 Å². The SMILES string of the molecule is CC(C)(CO)NC(=O)Nc1ccc(-c2ncco2)cc1. The summed E-state index contributed by atoms with van der Waals surface area (Å²) in [5.74, 6) is 0.530. The molecule has 1 aromatic heterocycles. The van der Waals surface area contributed by atoms with E-state index in [2.05, 4.69) is 15.6 Å². The van der Waals surface area contributed by atoms with Gasteiger partial charge < -0.3 is 20.2 Å². The zero-order valence-electron chi connectivity index (χ0n) is 11.4. The molecule has 6 nitrogen and oxygen atoms in total. The quantitative estimate of drug-likeness (QED) is 0.798. The highest BCUT2D eigenvalue weighted by atomic mass is 16.3. The number of aliphatic hydroxyl groups is 1. The molecule has 0 aliphatic carbocycles. The van der Waals surface area contributed by atoms with Gasteiger partial charge in [-0.3, -0.25) is 0 Å². The van der Waals surface area contributed by atoms with E-state index in [4.69, 9.17) is 9.52 Å². The van der Waals surface area contributed by atoms with Gasteiger partial charge in [0.25, 0.3) is 0 Å². The van der Waals surface area contributed by atoms with Crippen molar-refractivity contribution in [1.82, 2.24) is 10.3 Å². The Bertz CT molecular complexity index is 562. The Morgan fingerprint density at radius 2 is 2.05 bits per heavy atom. The van der Waals surface area contributed by atoms with E-state index < -0.39 is 5.54 Å². The number of aromatic nitrogens is 1. The van der Waals surface area contributed by atoms with Crippen LogP contribution in [0.2, 0.25) is 0 Å². The molecule has 2 amide bonds. The van der Waals surface area contributed by atoms with Crippen LogP contribution < -0.4 is 10.6 Å². The maximum absolute atomic E-state index is 11.7. The van der Waals surface area contributed by atoms with Crippen molar-refractivity contribution in [3.63, 3.8) is 0 Å². The Morgan fingerprint density at radius 1 is 1.35 bits per heavy atom. The summed E-state index contributed by atoms with van der Waals surface area (Å²) in [7, 11) is 0. The Hall–Kier alpha value is -2.34. The van der Waals surface area contributed by atoms with Crippen molar-refractivity contribution in [3.05, 3.63) is 36.7 Å². The molecule has 0 aliphatic heterocycles. The number of oxazole rings is 1. The van der Waals surface area contributed by atoms with Crippen LogP contribution >= 0.6 is 0 Å². The number of carbonyl (C=O) groups excluding carboxylic acids is 1. The van der Waals surface area contributed by atoms with Gasteiger partial charge in [0.1, 0.15) is 6.26 Å². The van der Waals surface area contributed by atoms with Crippen molar-refractivity contribution >= 4 is 11.7 Å². The van der Waals surface area contributed by atoms with Crippen molar-refractivity contribution in [3.8, 4) is 11.5 Å². The van der Waals surface area contributed by atoms with E-state index in [0.29, 0.717) is 11.6 Å². The Labute approximate surface area is 116 Å². The summed E-state index contributed by atoms with van der Waals surface area (Å²) in [6.07, 6.45) is 3.08. The summed E-state index contributed by atoms with van der Waals surface area (Å²) in [4.78, 5) is 15.8. The van der Waals surface area contributed by atoms with Crippen LogP contribution in [-0.4, -0.2) is 28.3 Å². The van der Waals surface area contributed by atoms with Gasteiger partial charge >= 0.3 is 6.03 Å². The zero-order valence-corrected chi connectivity index (χ0v) is 11.4. The van der Waals surface area contributed by atoms with Gasteiger partial charge in [-0.2, -0.15) is 0 Å². The van der Waals surface area contributed by atoms with Gasteiger partial charge in [-0.05, 0) is 38.1 Å². The number of nitrogens with one attached hydrogen (secondary N) is 2. The molecule has 0 saturated carbocycles. The van der Waals surface area contributed by atoms with Crippen LogP contribution in [0.1, 0.15) is 13.8 Å². The normalized spacial score (nSPS) is 11.2. The largest absolute Gasteiger partial charge is 0.445 e. The molecule has 0 saturated heterocycles. The molecule has 2 rings (SSSR count). The second kappa shape index (κ2) is 5.75. The molecule has 0 aliphatic rings. The molecule has 0 fully saturated rings. The minimum absolute atomic E-state index is 0.135. The van der Waals surface area contributed by atoms with Gasteiger partial charge in [-0.1, -0.05) is 0 Å². The van der Waals surface area contributed by atoms with Gasteiger partial charge in [-0.25, -0.2) is 9.78 Å². The third-order valence-electron chi connectivity index (χ3n) is 2.67. The lowest BCUT2D eigenvalue weighted by Crippen LogP contribution is -2.48. The van der Waals surface area contributed by atoms with Gasteiger partial charge in [0.15, 0.2) is 0 Å². The van der Waals surface area contributed by atoms with Crippen molar-refractivity contribution in [2.45, 2.75) is 19.4 Å². The number of hydrogen-bond donors (Lipinski definition) is 3. The highest BCUT2D eigenvalue weighted by molar-refractivity contribution is 5.89. The molecule has 1 aromatic carbocycles. The van der Waals surface area contributed by atoms with E-state index in [-0.39, 0.29) is 12.6 Å². The molecule has 1 heterocycles. The van der Waals surface area contributed by atoms with Gasteiger partial charge in [0.2, 0.25) is 5.89 Å². The van der Waals surface area contributed by atoms with Gasteiger partial charge in [-0.15, -0.1) is 0 Å². The third-order valence-corrected chi connectivity index (χ3v) is 2.67. The second-order valence-corrected chi connectivity index (χ2v) is 5.04. The first-order valence-corrected chi connectivity index (χ1v) is 6.20.